The molecule has 4 nitrogen and oxygen atoms in total. The van der Waals surface area contributed by atoms with Gasteiger partial charge in [-0.3, -0.25) is 0 Å². The average Bonchev–Trinajstić information content (AvgIpc) is 2.53. The van der Waals surface area contributed by atoms with Crippen LogP contribution < -0.4 is 0 Å². The summed E-state index contributed by atoms with van der Waals surface area (Å²) in [5.74, 6) is -2.29. The zero-order chi connectivity index (χ0) is 18.5. The third-order valence-electron chi connectivity index (χ3n) is 4.52. The molecule has 4 heteroatoms. The minimum atomic E-state index is -1.15. The summed E-state index contributed by atoms with van der Waals surface area (Å²) in [5.41, 5.74) is 0.0439. The smallest absolute Gasteiger partial charge is 0.348 e. The normalized spacial score (nSPS) is 16.5. The Morgan fingerprint density at radius 1 is 0.720 bits per heavy atom. The van der Waals surface area contributed by atoms with Crippen LogP contribution in [0.25, 0.3) is 0 Å². The van der Waals surface area contributed by atoms with E-state index in [0.29, 0.717) is 0 Å². The fourth-order valence-electron chi connectivity index (χ4n) is 3.06. The maximum absolute atomic E-state index is 11.8. The van der Waals surface area contributed by atoms with Crippen LogP contribution in [-0.2, 0) is 19.1 Å². The molecule has 0 N–H and O–H groups in total. The lowest BCUT2D eigenvalue weighted by Crippen LogP contribution is -2.41. The molecule has 0 bridgehead atoms. The van der Waals surface area contributed by atoms with Gasteiger partial charge >= 0.3 is 11.9 Å². The van der Waals surface area contributed by atoms with E-state index in [0.717, 1.165) is 19.3 Å². The molecule has 1 aliphatic heterocycles. The second-order valence-electron chi connectivity index (χ2n) is 7.47. The topological polar surface area (TPSA) is 52.6 Å². The summed E-state index contributed by atoms with van der Waals surface area (Å²) in [4.78, 5) is 23.6. The van der Waals surface area contributed by atoms with Crippen LogP contribution in [0.3, 0.4) is 0 Å². The SMILES string of the molecule is CCCCCCCCCCCCCCC=C1C(=O)OC(C)(C)OC1=O. The maximum Gasteiger partial charge on any atom is 0.348 e. The van der Waals surface area contributed by atoms with Crippen LogP contribution in [-0.4, -0.2) is 17.7 Å². The van der Waals surface area contributed by atoms with Gasteiger partial charge in [0.2, 0.25) is 0 Å². The monoisotopic (exact) mass is 352 g/mol. The number of hydrogen-bond donors (Lipinski definition) is 0. The highest BCUT2D eigenvalue weighted by atomic mass is 16.7. The molecule has 0 radical (unpaired) electrons. The lowest BCUT2D eigenvalue weighted by atomic mass is 10.0. The molecule has 0 aromatic heterocycles. The zero-order valence-electron chi connectivity index (χ0n) is 16.4. The van der Waals surface area contributed by atoms with Crippen molar-refractivity contribution in [3.63, 3.8) is 0 Å². The van der Waals surface area contributed by atoms with E-state index in [4.69, 9.17) is 9.47 Å². The minimum Gasteiger partial charge on any atom is -0.419 e. The van der Waals surface area contributed by atoms with Gasteiger partial charge in [-0.2, -0.15) is 0 Å². The number of cyclic esters (lactones) is 2. The third-order valence-corrected chi connectivity index (χ3v) is 4.52. The van der Waals surface area contributed by atoms with Crippen LogP contribution in [0.4, 0.5) is 0 Å². The fraction of sp³-hybridized carbons (Fsp3) is 0.810. The van der Waals surface area contributed by atoms with Crippen LogP contribution in [0.2, 0.25) is 0 Å². The molecule has 0 aromatic rings. The van der Waals surface area contributed by atoms with Crippen LogP contribution in [0, 0.1) is 0 Å². The van der Waals surface area contributed by atoms with Crippen LogP contribution in [0.5, 0.6) is 0 Å². The molecule has 0 atom stereocenters. The molecule has 1 saturated heterocycles. The maximum atomic E-state index is 11.8. The van der Waals surface area contributed by atoms with Crippen LogP contribution >= 0.6 is 0 Å². The van der Waals surface area contributed by atoms with Crippen molar-refractivity contribution in [2.75, 3.05) is 0 Å². The largest absolute Gasteiger partial charge is 0.419 e. The summed E-state index contributed by atoms with van der Waals surface area (Å²) in [5, 5.41) is 0. The van der Waals surface area contributed by atoms with Gasteiger partial charge in [-0.05, 0) is 12.8 Å². The van der Waals surface area contributed by atoms with Crippen molar-refractivity contribution in [2.24, 2.45) is 0 Å². The van der Waals surface area contributed by atoms with Crippen molar-refractivity contribution in [2.45, 2.75) is 110 Å². The van der Waals surface area contributed by atoms with E-state index in [1.807, 2.05) is 0 Å². The predicted molar refractivity (Wildman–Crippen MR) is 100 cm³/mol. The van der Waals surface area contributed by atoms with E-state index in [1.165, 1.54) is 64.2 Å². The summed E-state index contributed by atoms with van der Waals surface area (Å²) in [6.45, 7) is 5.37. The molecule has 1 heterocycles. The van der Waals surface area contributed by atoms with E-state index in [-0.39, 0.29) is 5.57 Å². The van der Waals surface area contributed by atoms with Gasteiger partial charge in [-0.15, -0.1) is 0 Å². The van der Waals surface area contributed by atoms with Crippen molar-refractivity contribution in [3.05, 3.63) is 11.6 Å². The number of carbonyl (C=O) groups excluding carboxylic acids is 2. The molecule has 1 fully saturated rings. The third kappa shape index (κ3) is 9.66. The van der Waals surface area contributed by atoms with Crippen molar-refractivity contribution in [1.29, 1.82) is 0 Å². The first kappa shape index (κ1) is 21.7. The van der Waals surface area contributed by atoms with Gasteiger partial charge in [0, 0.05) is 13.8 Å². The van der Waals surface area contributed by atoms with Crippen molar-refractivity contribution >= 4 is 11.9 Å². The Balaban J connectivity index is 2.00. The molecule has 0 aromatic carbocycles. The van der Waals surface area contributed by atoms with E-state index in [2.05, 4.69) is 6.92 Å². The van der Waals surface area contributed by atoms with Crippen molar-refractivity contribution in [3.8, 4) is 0 Å². The average molecular weight is 353 g/mol. The van der Waals surface area contributed by atoms with Gasteiger partial charge in [0.25, 0.3) is 5.79 Å². The molecule has 144 valence electrons. The summed E-state index contributed by atoms with van der Waals surface area (Å²) in [6, 6.07) is 0. The molecule has 1 aliphatic rings. The highest BCUT2D eigenvalue weighted by molar-refractivity contribution is 6.15. The fourth-order valence-corrected chi connectivity index (χ4v) is 3.06. The molecule has 0 unspecified atom stereocenters. The molecular weight excluding hydrogens is 316 g/mol. The highest BCUT2D eigenvalue weighted by Gasteiger charge is 2.38. The lowest BCUT2D eigenvalue weighted by molar-refractivity contribution is -0.222. The van der Waals surface area contributed by atoms with E-state index >= 15 is 0 Å². The number of unbranched alkanes of at least 4 members (excludes halogenated alkanes) is 12. The first-order valence-electron chi connectivity index (χ1n) is 10.1. The first-order valence-corrected chi connectivity index (χ1v) is 10.1. The summed E-state index contributed by atoms with van der Waals surface area (Å²) >= 11 is 0. The lowest BCUT2D eigenvalue weighted by Gasteiger charge is -2.29. The molecule has 1 rings (SSSR count). The van der Waals surface area contributed by atoms with Crippen molar-refractivity contribution < 1.29 is 19.1 Å². The Labute approximate surface area is 153 Å². The van der Waals surface area contributed by atoms with Gasteiger partial charge in [-0.1, -0.05) is 83.6 Å². The van der Waals surface area contributed by atoms with Gasteiger partial charge in [-0.25, -0.2) is 9.59 Å². The quantitative estimate of drug-likeness (QED) is 0.181. The Morgan fingerprint density at radius 2 is 1.12 bits per heavy atom. The number of hydrogen-bond acceptors (Lipinski definition) is 4. The molecular formula is C21H36O4. The molecule has 25 heavy (non-hydrogen) atoms. The number of allylic oxidation sites excluding steroid dienone is 1. The summed E-state index contributed by atoms with van der Waals surface area (Å²) in [7, 11) is 0. The Morgan fingerprint density at radius 3 is 1.56 bits per heavy atom. The van der Waals surface area contributed by atoms with Gasteiger partial charge in [0.05, 0.1) is 0 Å². The summed E-state index contributed by atoms with van der Waals surface area (Å²) in [6.07, 6.45) is 17.9. The number of rotatable bonds is 13. The number of ether oxygens (including phenoxy) is 2. The summed E-state index contributed by atoms with van der Waals surface area (Å²) < 4.78 is 10.1. The zero-order valence-corrected chi connectivity index (χ0v) is 16.4. The van der Waals surface area contributed by atoms with Gasteiger partial charge < -0.3 is 9.47 Å². The minimum absolute atomic E-state index is 0.0439. The Kier molecular flexibility index (Phi) is 10.5. The Hall–Kier alpha value is -1.32. The van der Waals surface area contributed by atoms with E-state index < -0.39 is 17.7 Å². The molecule has 0 aliphatic carbocycles. The molecule has 0 amide bonds. The van der Waals surface area contributed by atoms with Gasteiger partial charge in [0.1, 0.15) is 5.57 Å². The van der Waals surface area contributed by atoms with E-state index in [1.54, 1.807) is 19.9 Å². The van der Waals surface area contributed by atoms with Crippen LogP contribution in [0.15, 0.2) is 11.6 Å². The van der Waals surface area contributed by atoms with E-state index in [9.17, 15) is 9.59 Å². The predicted octanol–water partition coefficient (Wildman–Crippen LogP) is 5.84. The highest BCUT2D eigenvalue weighted by Crippen LogP contribution is 2.23. The second-order valence-corrected chi connectivity index (χ2v) is 7.47. The number of carbonyl (C=O) groups is 2. The Bertz CT molecular complexity index is 415. The second kappa shape index (κ2) is 12.1. The van der Waals surface area contributed by atoms with Gasteiger partial charge in [0.15, 0.2) is 0 Å². The molecule has 0 saturated carbocycles. The molecule has 0 spiro atoms. The van der Waals surface area contributed by atoms with Crippen LogP contribution in [0.1, 0.15) is 104 Å². The first-order chi connectivity index (χ1) is 12.0. The standard InChI is InChI=1S/C21H36O4/c1-4-5-6-7-8-9-10-11-12-13-14-15-16-17-18-19(22)24-21(2,3)25-20(18)23/h17H,4-16H2,1-3H3. The number of esters is 2. The van der Waals surface area contributed by atoms with Crippen molar-refractivity contribution in [1.82, 2.24) is 0 Å².